The van der Waals surface area contributed by atoms with Gasteiger partial charge in [-0.05, 0) is 41.9 Å². The number of hydrogen-bond acceptors (Lipinski definition) is 8. The second-order valence-corrected chi connectivity index (χ2v) is 19.3. The van der Waals surface area contributed by atoms with Gasteiger partial charge >= 0.3 is 0 Å². The molecule has 1 spiro atoms. The summed E-state index contributed by atoms with van der Waals surface area (Å²) in [6, 6.07) is 11.1. The fraction of sp³-hybridized carbons (Fsp3) is 0.400. The number of thiophene rings is 1. The normalized spacial score (nSPS) is 16.8. The minimum atomic E-state index is -2.12. The monoisotopic (exact) mass is 656 g/mol. The second-order valence-electron chi connectivity index (χ2n) is 12.6. The lowest BCUT2D eigenvalue weighted by Gasteiger charge is -2.49. The summed E-state index contributed by atoms with van der Waals surface area (Å²) in [6.07, 6.45) is 3.26. The number of halogens is 2. The Labute approximate surface area is 266 Å². The molecule has 1 N–H and O–H groups in total. The molecular weight excluding hydrogens is 623 g/mol. The van der Waals surface area contributed by atoms with Crippen molar-refractivity contribution in [3.05, 3.63) is 74.8 Å². The van der Waals surface area contributed by atoms with Gasteiger partial charge in [-0.25, -0.2) is 9.97 Å². The molecule has 1 amide bonds. The van der Waals surface area contributed by atoms with Crippen LogP contribution in [0.15, 0.2) is 48.8 Å². The van der Waals surface area contributed by atoms with E-state index in [2.05, 4.69) is 49.3 Å². The van der Waals surface area contributed by atoms with E-state index >= 15 is 0 Å². The van der Waals surface area contributed by atoms with Gasteiger partial charge in [-0.15, -0.1) is 11.3 Å². The first-order valence-corrected chi connectivity index (χ1v) is 18.5. The Hall–Kier alpha value is -2.80. The highest BCUT2D eigenvalue weighted by Crippen LogP contribution is 2.54. The standard InChI is InChI=1S/C30H34Cl2N6O3SSi/c1-29(2,3)43(5,6)41-15-22(18-8-7-9-19(31)12-18)38-27(39)20-13-23(42-26(20)30(38)16-40-17-30)25-21(32)14-33-28(36-25)35-24-10-11-34-37(24)4/h7-14,22H,15-17H2,1-6H3,(H,33,35,36)/t22-/m1/s1. The predicted molar refractivity (Wildman–Crippen MR) is 173 cm³/mol. The first-order valence-electron chi connectivity index (χ1n) is 14.0. The van der Waals surface area contributed by atoms with E-state index in [1.807, 2.05) is 48.3 Å². The van der Waals surface area contributed by atoms with Crippen molar-refractivity contribution < 1.29 is 14.0 Å². The number of hydrogen-bond donors (Lipinski definition) is 1. The molecule has 1 aromatic carbocycles. The quantitative estimate of drug-likeness (QED) is 0.197. The van der Waals surface area contributed by atoms with Crippen molar-refractivity contribution >= 4 is 60.5 Å². The van der Waals surface area contributed by atoms with Crippen molar-refractivity contribution in [1.82, 2.24) is 24.6 Å². The van der Waals surface area contributed by atoms with E-state index in [0.29, 0.717) is 47.1 Å². The Kier molecular flexibility index (Phi) is 7.71. The number of benzene rings is 1. The number of rotatable bonds is 8. The molecule has 5 heterocycles. The lowest BCUT2D eigenvalue weighted by atomic mass is 9.92. The minimum Gasteiger partial charge on any atom is -0.414 e. The number of amides is 1. The molecule has 226 valence electrons. The first-order chi connectivity index (χ1) is 20.3. The van der Waals surface area contributed by atoms with Crippen molar-refractivity contribution in [3.8, 4) is 10.6 Å². The van der Waals surface area contributed by atoms with Gasteiger partial charge in [-0.1, -0.05) is 56.1 Å². The summed E-state index contributed by atoms with van der Waals surface area (Å²) in [7, 11) is -0.293. The van der Waals surface area contributed by atoms with Gasteiger partial charge in [0.05, 0.1) is 53.7 Å². The molecular formula is C30H34Cl2N6O3SSi. The number of carbonyl (C=O) groups is 1. The van der Waals surface area contributed by atoms with Crippen LogP contribution in [0, 0.1) is 0 Å². The zero-order valence-electron chi connectivity index (χ0n) is 24.9. The summed E-state index contributed by atoms with van der Waals surface area (Å²) >= 11 is 14.6. The van der Waals surface area contributed by atoms with Gasteiger partial charge in [0.25, 0.3) is 5.91 Å². The number of nitrogens with zero attached hydrogens (tertiary/aromatic N) is 5. The van der Waals surface area contributed by atoms with Crippen molar-refractivity contribution in [2.45, 2.75) is 50.5 Å². The molecule has 1 atom stereocenters. The highest BCUT2D eigenvalue weighted by atomic mass is 35.5. The summed E-state index contributed by atoms with van der Waals surface area (Å²) in [6.45, 7) is 12.2. The van der Waals surface area contributed by atoms with E-state index < -0.39 is 13.9 Å². The lowest BCUT2D eigenvalue weighted by Crippen LogP contribution is -2.59. The van der Waals surface area contributed by atoms with Gasteiger partial charge in [-0.3, -0.25) is 9.48 Å². The molecule has 0 unspecified atom stereocenters. The largest absolute Gasteiger partial charge is 0.414 e. The Balaban J connectivity index is 1.37. The van der Waals surface area contributed by atoms with Crippen molar-refractivity contribution in [3.63, 3.8) is 0 Å². The number of nitrogens with one attached hydrogen (secondary N) is 1. The van der Waals surface area contributed by atoms with Crippen LogP contribution in [0.4, 0.5) is 11.8 Å². The third-order valence-corrected chi connectivity index (χ3v) is 15.1. The molecule has 1 saturated heterocycles. The summed E-state index contributed by atoms with van der Waals surface area (Å²) in [4.78, 5) is 27.1. The summed E-state index contributed by atoms with van der Waals surface area (Å²) in [5.41, 5.74) is 1.52. The summed E-state index contributed by atoms with van der Waals surface area (Å²) in [5, 5.41) is 8.39. The molecule has 0 bridgehead atoms. The molecule has 13 heteroatoms. The third kappa shape index (κ3) is 5.30. The Bertz CT molecular complexity index is 1700. The van der Waals surface area contributed by atoms with E-state index in [-0.39, 0.29) is 17.0 Å². The fourth-order valence-electron chi connectivity index (χ4n) is 5.20. The number of ether oxygens (including phenoxy) is 1. The van der Waals surface area contributed by atoms with Crippen molar-refractivity contribution in [2.75, 3.05) is 25.1 Å². The Morgan fingerprint density at radius 3 is 2.60 bits per heavy atom. The minimum absolute atomic E-state index is 0.0208. The van der Waals surface area contributed by atoms with Gasteiger partial charge in [0.1, 0.15) is 17.1 Å². The summed E-state index contributed by atoms with van der Waals surface area (Å²) in [5.74, 6) is 1.06. The van der Waals surface area contributed by atoms with Gasteiger partial charge in [0.15, 0.2) is 8.32 Å². The van der Waals surface area contributed by atoms with E-state index in [1.54, 1.807) is 17.1 Å². The molecule has 2 aliphatic rings. The maximum absolute atomic E-state index is 14.4. The SMILES string of the molecule is Cn1nccc1Nc1ncc(Cl)c(-c2cc3c(s2)C2(COC2)N([C@H](CO[Si](C)(C)C(C)(C)C)c2cccc(Cl)c2)C3=O)n1. The van der Waals surface area contributed by atoms with Gasteiger partial charge < -0.3 is 19.4 Å². The molecule has 9 nitrogen and oxygen atoms in total. The average molecular weight is 658 g/mol. The molecule has 1 fully saturated rings. The van der Waals surface area contributed by atoms with E-state index in [1.165, 1.54) is 11.3 Å². The van der Waals surface area contributed by atoms with Crippen molar-refractivity contribution in [2.24, 2.45) is 7.05 Å². The van der Waals surface area contributed by atoms with Crippen LogP contribution in [-0.4, -0.2) is 58.7 Å². The number of carbonyl (C=O) groups excluding carboxylic acids is 1. The molecule has 4 aromatic rings. The van der Waals surface area contributed by atoms with Crippen LogP contribution in [0.2, 0.25) is 28.2 Å². The molecule has 3 aromatic heterocycles. The number of fused-ring (bicyclic) bond motifs is 2. The van der Waals surface area contributed by atoms with Crippen LogP contribution in [0.3, 0.4) is 0 Å². The highest BCUT2D eigenvalue weighted by Gasteiger charge is 2.59. The smallest absolute Gasteiger partial charge is 0.256 e. The van der Waals surface area contributed by atoms with Gasteiger partial charge in [0.2, 0.25) is 5.95 Å². The van der Waals surface area contributed by atoms with Gasteiger partial charge in [-0.2, -0.15) is 5.10 Å². The maximum atomic E-state index is 14.4. The molecule has 2 aliphatic heterocycles. The molecule has 43 heavy (non-hydrogen) atoms. The zero-order valence-corrected chi connectivity index (χ0v) is 28.3. The molecule has 0 saturated carbocycles. The van der Waals surface area contributed by atoms with E-state index in [4.69, 9.17) is 37.3 Å². The average Bonchev–Trinajstić information content (AvgIpc) is 3.59. The van der Waals surface area contributed by atoms with Gasteiger partial charge in [0, 0.05) is 23.0 Å². The van der Waals surface area contributed by atoms with E-state index in [0.717, 1.165) is 21.1 Å². The second kappa shape index (κ2) is 11.0. The first kappa shape index (κ1) is 30.2. The number of aryl methyl sites for hydroxylation is 1. The molecule has 6 rings (SSSR count). The Morgan fingerprint density at radius 2 is 1.98 bits per heavy atom. The number of aromatic nitrogens is 4. The van der Waals surface area contributed by atoms with E-state index in [9.17, 15) is 4.79 Å². The predicted octanol–water partition coefficient (Wildman–Crippen LogP) is 7.43. The van der Waals surface area contributed by atoms with Crippen LogP contribution < -0.4 is 5.32 Å². The van der Waals surface area contributed by atoms with Crippen LogP contribution in [-0.2, 0) is 21.7 Å². The van der Waals surface area contributed by atoms with Crippen LogP contribution >= 0.6 is 34.5 Å². The third-order valence-electron chi connectivity index (χ3n) is 8.74. The van der Waals surface area contributed by atoms with Crippen LogP contribution in [0.25, 0.3) is 10.6 Å². The van der Waals surface area contributed by atoms with Crippen LogP contribution in [0.5, 0.6) is 0 Å². The molecule has 0 radical (unpaired) electrons. The summed E-state index contributed by atoms with van der Waals surface area (Å²) < 4.78 is 14.2. The number of anilines is 2. The van der Waals surface area contributed by atoms with Crippen LogP contribution in [0.1, 0.15) is 47.6 Å². The maximum Gasteiger partial charge on any atom is 0.256 e. The Morgan fingerprint density at radius 1 is 1.21 bits per heavy atom. The highest BCUT2D eigenvalue weighted by molar-refractivity contribution is 7.16. The topological polar surface area (TPSA) is 94.4 Å². The fourth-order valence-corrected chi connectivity index (χ4v) is 7.97. The lowest BCUT2D eigenvalue weighted by molar-refractivity contribution is -0.138. The van der Waals surface area contributed by atoms with Crippen molar-refractivity contribution in [1.29, 1.82) is 0 Å². The zero-order chi connectivity index (χ0) is 30.7. The molecule has 0 aliphatic carbocycles.